The molecule has 0 aliphatic carbocycles. The summed E-state index contributed by atoms with van der Waals surface area (Å²) in [5.74, 6) is -5.51. The van der Waals surface area contributed by atoms with E-state index in [9.17, 15) is 33.6 Å². The Morgan fingerprint density at radius 2 is 1.03 bits per heavy atom. The molecule has 2 saturated heterocycles. The standard InChI is InChI=1S/C41H53NO17Si/c1-23(43)42-32-35(54-27(5)47)33(53-26(4)46)30(21-51-24(2)44)55-40(32)59-34-31(22-52-25(3)45)56-41(50-19-20-60(6,7)8)37(58-39(49)29-17-13-10-14-18-29)36(34)57-38(48)28-15-11-9-12-16-28/h9-18,30-37,40-41H,19-22H2,1-8H3,(H,42,43)/t30-,31-,32-,33+,34-,35-,36+,37-,40+,41-/m1/s1. The van der Waals surface area contributed by atoms with Crippen LogP contribution in [0.1, 0.15) is 55.3 Å². The van der Waals surface area contributed by atoms with E-state index in [2.05, 4.69) is 25.0 Å². The first-order valence-corrected chi connectivity index (χ1v) is 23.0. The number of ether oxygens (including phenoxy) is 10. The highest BCUT2D eigenvalue weighted by molar-refractivity contribution is 6.76. The summed E-state index contributed by atoms with van der Waals surface area (Å²) in [5.41, 5.74) is 0.246. The van der Waals surface area contributed by atoms with Gasteiger partial charge in [-0.3, -0.25) is 24.0 Å². The van der Waals surface area contributed by atoms with Crippen molar-refractivity contribution < 1.29 is 80.9 Å². The Morgan fingerprint density at radius 3 is 1.50 bits per heavy atom. The van der Waals surface area contributed by atoms with E-state index in [-0.39, 0.29) is 17.7 Å². The van der Waals surface area contributed by atoms with Crippen molar-refractivity contribution in [2.24, 2.45) is 0 Å². The summed E-state index contributed by atoms with van der Waals surface area (Å²) in [6, 6.07) is 15.1. The van der Waals surface area contributed by atoms with Crippen molar-refractivity contribution in [2.75, 3.05) is 19.8 Å². The normalized spacial score (nSPS) is 26.4. The smallest absolute Gasteiger partial charge is 0.338 e. The molecule has 2 heterocycles. The first-order chi connectivity index (χ1) is 28.3. The van der Waals surface area contributed by atoms with E-state index in [1.54, 1.807) is 36.4 Å². The molecule has 19 heteroatoms. The molecule has 60 heavy (non-hydrogen) atoms. The highest BCUT2D eigenvalue weighted by Gasteiger charge is 2.57. The van der Waals surface area contributed by atoms with Crippen LogP contribution in [0, 0.1) is 0 Å². The summed E-state index contributed by atoms with van der Waals surface area (Å²) in [4.78, 5) is 89.8. The highest BCUT2D eigenvalue weighted by Crippen LogP contribution is 2.35. The number of hydrogen-bond acceptors (Lipinski definition) is 17. The van der Waals surface area contributed by atoms with Gasteiger partial charge in [0, 0.05) is 49.3 Å². The number of carbonyl (C=O) groups is 7. The van der Waals surface area contributed by atoms with Crippen LogP contribution in [-0.2, 0) is 71.3 Å². The molecule has 10 atom stereocenters. The molecular weight excluding hydrogens is 807 g/mol. The lowest BCUT2D eigenvalue weighted by Gasteiger charge is -2.49. The second-order valence-electron chi connectivity index (χ2n) is 15.3. The minimum atomic E-state index is -1.72. The Bertz CT molecular complexity index is 1800. The minimum absolute atomic E-state index is 0.106. The zero-order valence-corrected chi connectivity index (χ0v) is 35.8. The number of carbonyl (C=O) groups excluding carboxylic acids is 7. The molecule has 2 aliphatic heterocycles. The van der Waals surface area contributed by atoms with Crippen molar-refractivity contribution in [3.8, 4) is 0 Å². The molecule has 1 amide bonds. The van der Waals surface area contributed by atoms with Crippen molar-refractivity contribution >= 4 is 49.8 Å². The van der Waals surface area contributed by atoms with Crippen LogP contribution in [0.25, 0.3) is 0 Å². The first-order valence-electron chi connectivity index (χ1n) is 19.3. The maximum absolute atomic E-state index is 14.0. The topological polar surface area (TPSA) is 224 Å². The van der Waals surface area contributed by atoms with E-state index in [0.29, 0.717) is 6.04 Å². The first kappa shape index (κ1) is 47.5. The van der Waals surface area contributed by atoms with Crippen LogP contribution < -0.4 is 5.32 Å². The fraction of sp³-hybridized carbons (Fsp3) is 0.537. The van der Waals surface area contributed by atoms with Crippen LogP contribution in [-0.4, -0.2) is 131 Å². The number of amides is 1. The monoisotopic (exact) mass is 859 g/mol. The molecule has 2 aromatic rings. The zero-order valence-electron chi connectivity index (χ0n) is 34.8. The third kappa shape index (κ3) is 14.2. The van der Waals surface area contributed by atoms with Crippen molar-refractivity contribution in [3.05, 3.63) is 71.8 Å². The summed E-state index contributed by atoms with van der Waals surface area (Å²) in [6.07, 6.45) is -13.7. The number of nitrogens with one attached hydrogen (secondary N) is 1. The molecule has 2 aliphatic rings. The van der Waals surface area contributed by atoms with Gasteiger partial charge < -0.3 is 52.7 Å². The van der Waals surface area contributed by atoms with Crippen molar-refractivity contribution in [1.29, 1.82) is 0 Å². The van der Waals surface area contributed by atoms with Crippen LogP contribution in [0.5, 0.6) is 0 Å². The highest BCUT2D eigenvalue weighted by atomic mass is 28.3. The van der Waals surface area contributed by atoms with Gasteiger partial charge in [0.1, 0.15) is 37.6 Å². The molecule has 2 fully saturated rings. The van der Waals surface area contributed by atoms with Gasteiger partial charge in [-0.15, -0.1) is 0 Å². The molecule has 0 radical (unpaired) electrons. The molecule has 4 rings (SSSR count). The predicted molar refractivity (Wildman–Crippen MR) is 210 cm³/mol. The predicted octanol–water partition coefficient (Wildman–Crippen LogP) is 3.12. The molecular formula is C41H53NO17Si. The molecule has 0 saturated carbocycles. The third-order valence-electron chi connectivity index (χ3n) is 9.04. The largest absolute Gasteiger partial charge is 0.463 e. The lowest BCUT2D eigenvalue weighted by atomic mass is 9.94. The maximum Gasteiger partial charge on any atom is 0.338 e. The quantitative estimate of drug-likeness (QED) is 0.137. The molecule has 18 nitrogen and oxygen atoms in total. The molecule has 0 aromatic heterocycles. The lowest BCUT2D eigenvalue weighted by molar-refractivity contribution is -0.345. The summed E-state index contributed by atoms with van der Waals surface area (Å²) in [5, 5.41) is 2.62. The molecule has 0 bridgehead atoms. The van der Waals surface area contributed by atoms with Gasteiger partial charge in [0.15, 0.2) is 37.0 Å². The van der Waals surface area contributed by atoms with E-state index >= 15 is 0 Å². The van der Waals surface area contributed by atoms with Gasteiger partial charge in [0.25, 0.3) is 0 Å². The summed E-state index contributed by atoms with van der Waals surface area (Å²) in [6.45, 7) is 11.1. The molecule has 328 valence electrons. The number of benzene rings is 2. The van der Waals surface area contributed by atoms with E-state index in [4.69, 9.17) is 47.4 Å². The van der Waals surface area contributed by atoms with Crippen LogP contribution >= 0.6 is 0 Å². The fourth-order valence-electron chi connectivity index (χ4n) is 6.34. The fourth-order valence-corrected chi connectivity index (χ4v) is 7.08. The van der Waals surface area contributed by atoms with Crippen LogP contribution in [0.4, 0.5) is 0 Å². The lowest BCUT2D eigenvalue weighted by Crippen LogP contribution is -2.69. The molecule has 1 N–H and O–H groups in total. The van der Waals surface area contributed by atoms with E-state index in [1.165, 1.54) is 24.3 Å². The van der Waals surface area contributed by atoms with E-state index in [1.807, 2.05) is 0 Å². The summed E-state index contributed by atoms with van der Waals surface area (Å²) in [7, 11) is -1.72. The Kier molecular flexibility index (Phi) is 17.3. The van der Waals surface area contributed by atoms with Gasteiger partial charge in [-0.2, -0.15) is 0 Å². The SMILES string of the molecule is CC(=O)N[C@H]1[C@H](O[C@H]2[C@H](OC(=O)c3ccccc3)[C@@H](OC(=O)c3ccccc3)[C@H](OCC[Si](C)(C)C)O[C@@H]2COC(C)=O)O[C@H](COC(C)=O)[C@H](OC(C)=O)[C@@H]1OC(C)=O. The Balaban J connectivity index is 1.90. The Labute approximate surface area is 348 Å². The maximum atomic E-state index is 14.0. The van der Waals surface area contributed by atoms with Gasteiger partial charge in [-0.05, 0) is 30.3 Å². The van der Waals surface area contributed by atoms with Crippen molar-refractivity contribution in [2.45, 2.75) is 122 Å². The average molecular weight is 860 g/mol. The Morgan fingerprint density at radius 1 is 0.567 bits per heavy atom. The molecule has 0 unspecified atom stereocenters. The van der Waals surface area contributed by atoms with Gasteiger partial charge in [0.2, 0.25) is 5.91 Å². The second kappa shape index (κ2) is 21.9. The van der Waals surface area contributed by atoms with Gasteiger partial charge >= 0.3 is 35.8 Å². The van der Waals surface area contributed by atoms with Crippen LogP contribution in [0.15, 0.2) is 60.7 Å². The van der Waals surface area contributed by atoms with Crippen LogP contribution in [0.2, 0.25) is 25.7 Å². The van der Waals surface area contributed by atoms with Crippen molar-refractivity contribution in [1.82, 2.24) is 5.32 Å². The summed E-state index contributed by atoms with van der Waals surface area (Å²) < 4.78 is 59.7. The van der Waals surface area contributed by atoms with Gasteiger partial charge in [0.05, 0.1) is 11.1 Å². The molecule has 2 aromatic carbocycles. The second-order valence-corrected chi connectivity index (χ2v) is 20.9. The molecule has 0 spiro atoms. The average Bonchev–Trinajstić information content (AvgIpc) is 3.17. The van der Waals surface area contributed by atoms with Gasteiger partial charge in [-0.25, -0.2) is 9.59 Å². The summed E-state index contributed by atoms with van der Waals surface area (Å²) >= 11 is 0. The van der Waals surface area contributed by atoms with Gasteiger partial charge in [-0.1, -0.05) is 56.0 Å². The minimum Gasteiger partial charge on any atom is -0.463 e. The number of esters is 6. The third-order valence-corrected chi connectivity index (χ3v) is 10.7. The van der Waals surface area contributed by atoms with Crippen molar-refractivity contribution in [3.63, 3.8) is 0 Å². The van der Waals surface area contributed by atoms with E-state index < -0.39 is 124 Å². The zero-order chi connectivity index (χ0) is 44.1. The Hall–Kier alpha value is -5.21. The van der Waals surface area contributed by atoms with E-state index in [0.717, 1.165) is 34.6 Å². The number of rotatable bonds is 17. The number of hydrogen-bond donors (Lipinski definition) is 1. The van der Waals surface area contributed by atoms with Crippen LogP contribution in [0.3, 0.4) is 0 Å².